The van der Waals surface area contributed by atoms with Crippen molar-refractivity contribution < 1.29 is 13.2 Å². The van der Waals surface area contributed by atoms with Crippen LogP contribution >= 0.6 is 31.9 Å². The summed E-state index contributed by atoms with van der Waals surface area (Å²) in [5, 5.41) is 3.73. The molecule has 1 heterocycles. The molecule has 2 aromatic rings. The SMILES string of the molecule is O=C1Nc2ccc(Br)cc2C1=CS(=O)(=O)Cc1ccccc1Br. The molecule has 0 saturated heterocycles. The van der Waals surface area contributed by atoms with Crippen LogP contribution in [0, 0.1) is 0 Å². The minimum absolute atomic E-state index is 0.161. The highest BCUT2D eigenvalue weighted by atomic mass is 79.9. The second kappa shape index (κ2) is 6.22. The van der Waals surface area contributed by atoms with Gasteiger partial charge in [-0.2, -0.15) is 0 Å². The third-order valence-corrected chi connectivity index (χ3v) is 5.95. The van der Waals surface area contributed by atoms with Gasteiger partial charge in [-0.3, -0.25) is 4.79 Å². The quantitative estimate of drug-likeness (QED) is 0.706. The standard InChI is InChI=1S/C16H11Br2NO3S/c17-11-5-6-15-12(7-11)13(16(20)19-15)9-23(21,22)8-10-3-1-2-4-14(10)18/h1-7,9H,8H2,(H,19,20). The van der Waals surface area contributed by atoms with E-state index in [-0.39, 0.29) is 11.3 Å². The summed E-state index contributed by atoms with van der Waals surface area (Å²) in [6.45, 7) is 0. The normalized spacial score (nSPS) is 15.6. The molecule has 0 fully saturated rings. The zero-order valence-corrected chi connectivity index (χ0v) is 15.7. The summed E-state index contributed by atoms with van der Waals surface area (Å²) < 4.78 is 26.4. The third-order valence-electron chi connectivity index (χ3n) is 3.38. The van der Waals surface area contributed by atoms with Gasteiger partial charge in [-0.15, -0.1) is 0 Å². The summed E-state index contributed by atoms with van der Waals surface area (Å²) >= 11 is 6.67. The molecule has 1 amide bonds. The van der Waals surface area contributed by atoms with Crippen LogP contribution in [0.1, 0.15) is 11.1 Å². The fourth-order valence-corrected chi connectivity index (χ4v) is 4.66. The van der Waals surface area contributed by atoms with E-state index in [0.29, 0.717) is 16.8 Å². The van der Waals surface area contributed by atoms with E-state index in [0.717, 1.165) is 14.4 Å². The van der Waals surface area contributed by atoms with Crippen LogP contribution in [0.3, 0.4) is 0 Å². The van der Waals surface area contributed by atoms with Crippen molar-refractivity contribution in [2.45, 2.75) is 5.75 Å². The van der Waals surface area contributed by atoms with Gasteiger partial charge in [0.1, 0.15) is 0 Å². The Balaban J connectivity index is 2.00. The first-order valence-electron chi connectivity index (χ1n) is 6.65. The minimum Gasteiger partial charge on any atom is -0.321 e. The van der Waals surface area contributed by atoms with Crippen molar-refractivity contribution in [3.63, 3.8) is 0 Å². The lowest BCUT2D eigenvalue weighted by molar-refractivity contribution is -0.110. The van der Waals surface area contributed by atoms with Crippen LogP contribution in [-0.2, 0) is 20.4 Å². The van der Waals surface area contributed by atoms with E-state index >= 15 is 0 Å². The van der Waals surface area contributed by atoms with Crippen LogP contribution in [0.4, 0.5) is 5.69 Å². The predicted octanol–water partition coefficient (Wildman–Crippen LogP) is 4.12. The van der Waals surface area contributed by atoms with Crippen molar-refractivity contribution in [3.8, 4) is 0 Å². The van der Waals surface area contributed by atoms with Gasteiger partial charge in [0.2, 0.25) is 0 Å². The molecule has 1 aliphatic heterocycles. The van der Waals surface area contributed by atoms with E-state index in [9.17, 15) is 13.2 Å². The van der Waals surface area contributed by atoms with Crippen LogP contribution in [0.25, 0.3) is 5.57 Å². The molecule has 0 aliphatic carbocycles. The molecule has 2 aromatic carbocycles. The van der Waals surface area contributed by atoms with Gasteiger partial charge in [0.05, 0.1) is 11.3 Å². The summed E-state index contributed by atoms with van der Waals surface area (Å²) in [5.41, 5.74) is 2.01. The molecule has 4 nitrogen and oxygen atoms in total. The lowest BCUT2D eigenvalue weighted by Crippen LogP contribution is -2.07. The van der Waals surface area contributed by atoms with Crippen LogP contribution in [-0.4, -0.2) is 14.3 Å². The molecular formula is C16H11Br2NO3S. The summed E-state index contributed by atoms with van der Waals surface area (Å²) in [6, 6.07) is 12.4. The number of nitrogens with one attached hydrogen (secondary N) is 1. The van der Waals surface area contributed by atoms with Gasteiger partial charge in [-0.25, -0.2) is 8.42 Å². The second-order valence-corrected chi connectivity index (χ2v) is 8.69. The molecular weight excluding hydrogens is 446 g/mol. The number of halogens is 2. The Morgan fingerprint density at radius 1 is 1.09 bits per heavy atom. The van der Waals surface area contributed by atoms with Crippen molar-refractivity contribution in [2.24, 2.45) is 0 Å². The van der Waals surface area contributed by atoms with E-state index in [1.165, 1.54) is 0 Å². The number of rotatable bonds is 3. The van der Waals surface area contributed by atoms with Crippen molar-refractivity contribution in [2.75, 3.05) is 5.32 Å². The predicted molar refractivity (Wildman–Crippen MR) is 97.5 cm³/mol. The summed E-state index contributed by atoms with van der Waals surface area (Å²) in [5.74, 6) is -0.581. The highest BCUT2D eigenvalue weighted by Gasteiger charge is 2.26. The monoisotopic (exact) mass is 455 g/mol. The van der Waals surface area contributed by atoms with Crippen molar-refractivity contribution in [1.82, 2.24) is 0 Å². The van der Waals surface area contributed by atoms with Crippen LogP contribution < -0.4 is 5.32 Å². The number of carbonyl (C=O) groups excluding carboxylic acids is 1. The van der Waals surface area contributed by atoms with E-state index in [1.54, 1.807) is 36.4 Å². The molecule has 0 bridgehead atoms. The Bertz CT molecular complexity index is 936. The van der Waals surface area contributed by atoms with Crippen molar-refractivity contribution in [3.05, 3.63) is 67.9 Å². The lowest BCUT2D eigenvalue weighted by Gasteiger charge is -2.04. The number of sulfone groups is 1. The molecule has 1 aliphatic rings. The summed E-state index contributed by atoms with van der Waals surface area (Å²) in [6.07, 6.45) is 0. The van der Waals surface area contributed by atoms with Crippen LogP contribution in [0.2, 0.25) is 0 Å². The Kier molecular flexibility index (Phi) is 4.44. The maximum absolute atomic E-state index is 12.5. The third kappa shape index (κ3) is 3.57. The maximum atomic E-state index is 12.5. The fraction of sp³-hybridized carbons (Fsp3) is 0.0625. The molecule has 0 spiro atoms. The van der Waals surface area contributed by atoms with Gasteiger partial charge in [0, 0.05) is 25.6 Å². The van der Waals surface area contributed by atoms with E-state index in [2.05, 4.69) is 37.2 Å². The van der Waals surface area contributed by atoms with Crippen LogP contribution in [0.15, 0.2) is 56.8 Å². The van der Waals surface area contributed by atoms with Gasteiger partial charge in [0.15, 0.2) is 9.84 Å². The lowest BCUT2D eigenvalue weighted by atomic mass is 10.1. The molecule has 0 atom stereocenters. The highest BCUT2D eigenvalue weighted by Crippen LogP contribution is 2.34. The number of benzene rings is 2. The number of hydrogen-bond donors (Lipinski definition) is 1. The average Bonchev–Trinajstić information content (AvgIpc) is 2.77. The van der Waals surface area contributed by atoms with Gasteiger partial charge in [0.25, 0.3) is 5.91 Å². The number of fused-ring (bicyclic) bond motifs is 1. The molecule has 118 valence electrons. The number of hydrogen-bond acceptors (Lipinski definition) is 3. The van der Waals surface area contributed by atoms with Gasteiger partial charge in [-0.1, -0.05) is 50.1 Å². The van der Waals surface area contributed by atoms with Gasteiger partial charge >= 0.3 is 0 Å². The maximum Gasteiger partial charge on any atom is 0.257 e. The van der Waals surface area contributed by atoms with Gasteiger partial charge < -0.3 is 5.32 Å². The Morgan fingerprint density at radius 3 is 2.57 bits per heavy atom. The Hall–Kier alpha value is -1.44. The molecule has 0 saturated carbocycles. The average molecular weight is 457 g/mol. The molecule has 0 unspecified atom stereocenters. The number of anilines is 1. The van der Waals surface area contributed by atoms with Gasteiger partial charge in [-0.05, 0) is 29.8 Å². The first kappa shape index (κ1) is 16.4. The molecule has 23 heavy (non-hydrogen) atoms. The molecule has 1 N–H and O–H groups in total. The topological polar surface area (TPSA) is 63.2 Å². The first-order chi connectivity index (χ1) is 10.9. The highest BCUT2D eigenvalue weighted by molar-refractivity contribution is 9.10. The van der Waals surface area contributed by atoms with E-state index in [4.69, 9.17) is 0 Å². The molecule has 0 aromatic heterocycles. The Labute approximate surface area is 150 Å². The Morgan fingerprint density at radius 2 is 1.83 bits per heavy atom. The summed E-state index contributed by atoms with van der Waals surface area (Å²) in [7, 11) is -3.60. The summed E-state index contributed by atoms with van der Waals surface area (Å²) in [4.78, 5) is 12.1. The van der Waals surface area contributed by atoms with Crippen LogP contribution in [0.5, 0.6) is 0 Å². The number of amides is 1. The van der Waals surface area contributed by atoms with E-state index < -0.39 is 15.7 Å². The van der Waals surface area contributed by atoms with Crippen molar-refractivity contribution in [1.29, 1.82) is 0 Å². The largest absolute Gasteiger partial charge is 0.321 e. The minimum atomic E-state index is -3.60. The zero-order valence-electron chi connectivity index (χ0n) is 11.7. The molecule has 3 rings (SSSR count). The second-order valence-electron chi connectivity index (χ2n) is 5.07. The smallest absolute Gasteiger partial charge is 0.257 e. The number of carbonyl (C=O) groups is 1. The zero-order chi connectivity index (χ0) is 16.6. The molecule has 7 heteroatoms. The fourth-order valence-electron chi connectivity index (χ4n) is 2.33. The first-order valence-corrected chi connectivity index (χ1v) is 9.95. The molecule has 0 radical (unpaired) electrons. The van der Waals surface area contributed by atoms with E-state index in [1.807, 2.05) is 6.07 Å². The van der Waals surface area contributed by atoms with Crippen molar-refractivity contribution >= 4 is 58.9 Å².